The Morgan fingerprint density at radius 1 is 1.28 bits per heavy atom. The van der Waals surface area contributed by atoms with Gasteiger partial charge < -0.3 is 24.8 Å². The Hall–Kier alpha value is -2.67. The normalized spacial score (nSPS) is 14.5. The van der Waals surface area contributed by atoms with Crippen molar-refractivity contribution in [3.05, 3.63) is 39.2 Å². The maximum atomic E-state index is 12.1. The maximum Gasteiger partial charge on any atom is 0.345 e. The molecule has 132 valence electrons. The van der Waals surface area contributed by atoms with E-state index in [1.165, 1.54) is 5.56 Å². The van der Waals surface area contributed by atoms with Gasteiger partial charge in [0.2, 0.25) is 0 Å². The number of anilines is 1. The fourth-order valence-corrected chi connectivity index (χ4v) is 3.59. The molecule has 0 bridgehead atoms. The van der Waals surface area contributed by atoms with Gasteiger partial charge in [0.25, 0.3) is 5.56 Å². The van der Waals surface area contributed by atoms with Crippen molar-refractivity contribution in [1.82, 2.24) is 4.98 Å². The molecule has 0 saturated carbocycles. The summed E-state index contributed by atoms with van der Waals surface area (Å²) in [5.74, 6) is -2.08. The molecule has 0 fully saturated rings. The van der Waals surface area contributed by atoms with Crippen LogP contribution in [-0.2, 0) is 12.8 Å². The van der Waals surface area contributed by atoms with Crippen LogP contribution in [0.3, 0.4) is 0 Å². The first-order valence-electron chi connectivity index (χ1n) is 7.70. The summed E-state index contributed by atoms with van der Waals surface area (Å²) in [6, 6.07) is 3.87. The predicted octanol–water partition coefficient (Wildman–Crippen LogP) is 1.79. The lowest BCUT2D eigenvalue weighted by atomic mass is 9.94. The second-order valence-electron chi connectivity index (χ2n) is 6.05. The molecule has 1 aromatic heterocycles. The number of halogens is 1. The summed E-state index contributed by atoms with van der Waals surface area (Å²) in [6.07, 6.45) is 1.54. The number of H-pyrrole nitrogens is 1. The molecule has 0 saturated heterocycles. The smallest absolute Gasteiger partial charge is 0.345 e. The Balaban J connectivity index is 0.00000182. The van der Waals surface area contributed by atoms with Crippen molar-refractivity contribution < 1.29 is 19.7 Å². The zero-order valence-electron chi connectivity index (χ0n) is 13.5. The molecule has 3 heterocycles. The molecule has 8 heteroatoms. The van der Waals surface area contributed by atoms with Crippen LogP contribution >= 0.6 is 12.4 Å². The number of likely N-dealkylation sites (N-methyl/N-ethyl adjacent to an activating group) is 1. The number of aromatic hydroxyl groups is 1. The number of aromatic amines is 1. The largest absolute Gasteiger partial charge is 0.503 e. The summed E-state index contributed by atoms with van der Waals surface area (Å²) in [6.45, 7) is 1.23. The van der Waals surface area contributed by atoms with Gasteiger partial charge in [0.15, 0.2) is 17.1 Å². The Labute approximate surface area is 149 Å². The van der Waals surface area contributed by atoms with Crippen LogP contribution in [0.1, 0.15) is 21.5 Å². The summed E-state index contributed by atoms with van der Waals surface area (Å²) in [5.41, 5.74) is 3.04. The number of hydrogen-bond donors (Lipinski definition) is 3. The Kier molecular flexibility index (Phi) is 4.12. The highest BCUT2D eigenvalue weighted by atomic mass is 35.5. The minimum atomic E-state index is -1.49. The number of aromatic carboxylic acids is 1. The van der Waals surface area contributed by atoms with Gasteiger partial charge in [-0.2, -0.15) is 0 Å². The standard InChI is InChI=1S/C17H16N2O5.ClH/c1-19-6-4-9-8-5-7-24-15-13(10(8)2-3-11(9)19)18-16(21)12(14(15)20)17(22)23;/h2-3H,4-7H2,1H3,(H,22,23)(H2,18,20,21);1H. The monoisotopic (exact) mass is 364 g/mol. The number of nitrogens with one attached hydrogen (secondary N) is 1. The lowest BCUT2D eigenvalue weighted by Crippen LogP contribution is -2.19. The van der Waals surface area contributed by atoms with Gasteiger partial charge in [-0.15, -0.1) is 12.4 Å². The number of nitrogens with zero attached hydrogens (tertiary/aromatic N) is 1. The van der Waals surface area contributed by atoms with Crippen LogP contribution in [-0.4, -0.2) is 41.4 Å². The van der Waals surface area contributed by atoms with Gasteiger partial charge in [0.1, 0.15) is 0 Å². The van der Waals surface area contributed by atoms with E-state index in [9.17, 15) is 14.7 Å². The van der Waals surface area contributed by atoms with Gasteiger partial charge in [0.05, 0.1) is 12.3 Å². The van der Waals surface area contributed by atoms with Crippen molar-refractivity contribution in [3.63, 3.8) is 0 Å². The number of ether oxygens (including phenoxy) is 1. The molecule has 0 amide bonds. The highest BCUT2D eigenvalue weighted by Crippen LogP contribution is 2.43. The predicted molar refractivity (Wildman–Crippen MR) is 94.5 cm³/mol. The van der Waals surface area contributed by atoms with E-state index in [0.717, 1.165) is 29.8 Å². The van der Waals surface area contributed by atoms with Crippen molar-refractivity contribution in [2.24, 2.45) is 0 Å². The first kappa shape index (κ1) is 17.2. The minimum absolute atomic E-state index is 0. The molecule has 0 unspecified atom stereocenters. The number of benzene rings is 1. The number of carboxylic acids is 1. The van der Waals surface area contributed by atoms with E-state index >= 15 is 0 Å². The molecule has 0 aliphatic carbocycles. The topological polar surface area (TPSA) is 103 Å². The summed E-state index contributed by atoms with van der Waals surface area (Å²) in [5, 5.41) is 19.4. The molecule has 2 aliphatic rings. The van der Waals surface area contributed by atoms with Crippen molar-refractivity contribution in [2.75, 3.05) is 25.1 Å². The summed E-state index contributed by atoms with van der Waals surface area (Å²) < 4.78 is 5.60. The molecule has 0 spiro atoms. The Morgan fingerprint density at radius 3 is 2.76 bits per heavy atom. The Morgan fingerprint density at radius 2 is 2.04 bits per heavy atom. The number of hydrogen-bond acceptors (Lipinski definition) is 5. The highest BCUT2D eigenvalue weighted by Gasteiger charge is 2.29. The van der Waals surface area contributed by atoms with Crippen LogP contribution in [0.2, 0.25) is 0 Å². The SMILES string of the molecule is CN1CCc2c1ccc1c2CCOc2c-1[nH]c(=O)c(C(=O)O)c2O.Cl. The van der Waals surface area contributed by atoms with E-state index in [1.54, 1.807) is 0 Å². The van der Waals surface area contributed by atoms with E-state index < -0.39 is 22.8 Å². The number of carbonyl (C=O) groups is 1. The van der Waals surface area contributed by atoms with Gasteiger partial charge >= 0.3 is 5.97 Å². The van der Waals surface area contributed by atoms with E-state index in [2.05, 4.69) is 9.88 Å². The van der Waals surface area contributed by atoms with Crippen LogP contribution in [0.5, 0.6) is 11.5 Å². The quantitative estimate of drug-likeness (QED) is 0.713. The third-order valence-corrected chi connectivity index (χ3v) is 4.74. The molecule has 3 N–H and O–H groups in total. The lowest BCUT2D eigenvalue weighted by molar-refractivity contribution is 0.0690. The van der Waals surface area contributed by atoms with Crippen molar-refractivity contribution >= 4 is 24.1 Å². The molecule has 1 aromatic carbocycles. The van der Waals surface area contributed by atoms with E-state index in [4.69, 9.17) is 9.84 Å². The van der Waals surface area contributed by atoms with Gasteiger partial charge in [-0.25, -0.2) is 4.79 Å². The fourth-order valence-electron chi connectivity index (χ4n) is 3.59. The second kappa shape index (κ2) is 6.00. The van der Waals surface area contributed by atoms with Gasteiger partial charge in [0, 0.05) is 31.3 Å². The van der Waals surface area contributed by atoms with Crippen molar-refractivity contribution in [3.8, 4) is 22.8 Å². The second-order valence-corrected chi connectivity index (χ2v) is 6.05. The average molecular weight is 365 g/mol. The van der Waals surface area contributed by atoms with E-state index in [0.29, 0.717) is 18.7 Å². The van der Waals surface area contributed by atoms with Crippen LogP contribution in [0.4, 0.5) is 5.69 Å². The third kappa shape index (κ3) is 2.42. The van der Waals surface area contributed by atoms with Gasteiger partial charge in [-0.3, -0.25) is 4.79 Å². The number of rotatable bonds is 1. The zero-order chi connectivity index (χ0) is 17.0. The lowest BCUT2D eigenvalue weighted by Gasteiger charge is -2.16. The van der Waals surface area contributed by atoms with Crippen LogP contribution in [0.25, 0.3) is 11.3 Å². The molecule has 0 atom stereocenters. The molecule has 2 aliphatic heterocycles. The molecule has 2 aromatic rings. The molecular weight excluding hydrogens is 348 g/mol. The fraction of sp³-hybridized carbons (Fsp3) is 0.294. The zero-order valence-corrected chi connectivity index (χ0v) is 14.3. The highest BCUT2D eigenvalue weighted by molar-refractivity contribution is 5.93. The first-order chi connectivity index (χ1) is 11.5. The van der Waals surface area contributed by atoms with Crippen molar-refractivity contribution in [1.29, 1.82) is 0 Å². The number of aromatic nitrogens is 1. The third-order valence-electron chi connectivity index (χ3n) is 4.74. The Bertz CT molecular complexity index is 938. The number of carboxylic acid groups (broad SMARTS) is 1. The minimum Gasteiger partial charge on any atom is -0.503 e. The van der Waals surface area contributed by atoms with Crippen molar-refractivity contribution in [2.45, 2.75) is 12.8 Å². The van der Waals surface area contributed by atoms with Crippen LogP contribution in [0, 0.1) is 0 Å². The molecule has 4 rings (SSSR count). The number of pyridine rings is 1. The van der Waals surface area contributed by atoms with E-state index in [1.807, 2.05) is 19.2 Å². The van der Waals surface area contributed by atoms with Crippen LogP contribution < -0.4 is 15.2 Å². The maximum absolute atomic E-state index is 12.1. The number of fused-ring (bicyclic) bond motifs is 5. The molecule has 7 nitrogen and oxygen atoms in total. The average Bonchev–Trinajstić information content (AvgIpc) is 2.80. The van der Waals surface area contributed by atoms with Gasteiger partial charge in [-0.1, -0.05) is 6.07 Å². The van der Waals surface area contributed by atoms with Gasteiger partial charge in [-0.05, 0) is 23.6 Å². The molecular formula is C17H17ClN2O5. The molecule has 0 radical (unpaired) electrons. The summed E-state index contributed by atoms with van der Waals surface area (Å²) in [4.78, 5) is 28.1. The summed E-state index contributed by atoms with van der Waals surface area (Å²) in [7, 11) is 2.03. The van der Waals surface area contributed by atoms with Crippen LogP contribution in [0.15, 0.2) is 16.9 Å². The summed E-state index contributed by atoms with van der Waals surface area (Å²) >= 11 is 0. The first-order valence-corrected chi connectivity index (χ1v) is 7.70. The van der Waals surface area contributed by atoms with E-state index in [-0.39, 0.29) is 18.2 Å². The molecule has 25 heavy (non-hydrogen) atoms.